The van der Waals surface area contributed by atoms with E-state index in [4.69, 9.17) is 0 Å². The summed E-state index contributed by atoms with van der Waals surface area (Å²) in [5.74, 6) is -2.64. The molecule has 0 amide bonds. The number of hydrogen-bond donors (Lipinski definition) is 0. The fourth-order valence-corrected chi connectivity index (χ4v) is 2.52. The van der Waals surface area contributed by atoms with Crippen molar-refractivity contribution in [2.24, 2.45) is 0 Å². The highest BCUT2D eigenvalue weighted by atomic mass is 19.2. The van der Waals surface area contributed by atoms with Gasteiger partial charge in [-0.25, -0.2) is 8.78 Å². The molecule has 1 aliphatic carbocycles. The van der Waals surface area contributed by atoms with Gasteiger partial charge in [0.15, 0.2) is 17.4 Å². The number of rotatable bonds is 2. The zero-order chi connectivity index (χ0) is 13.6. The van der Waals surface area contributed by atoms with E-state index in [1.165, 1.54) is 19.1 Å². The molecule has 1 unspecified atom stereocenters. The van der Waals surface area contributed by atoms with Gasteiger partial charge in [0.05, 0.1) is 11.5 Å². The van der Waals surface area contributed by atoms with E-state index in [1.54, 1.807) is 0 Å². The molecule has 19 heavy (non-hydrogen) atoms. The molecule has 3 rings (SSSR count). The Hall–Kier alpha value is -2.03. The van der Waals surface area contributed by atoms with Crippen LogP contribution in [-0.2, 0) is 6.42 Å². The van der Waals surface area contributed by atoms with E-state index in [2.05, 4.69) is 0 Å². The Bertz CT molecular complexity index is 676. The molecule has 2 aromatic rings. The van der Waals surface area contributed by atoms with Crippen molar-refractivity contribution < 1.29 is 13.6 Å². The van der Waals surface area contributed by atoms with Gasteiger partial charge < -0.3 is 0 Å². The quantitative estimate of drug-likeness (QED) is 0.749. The molecule has 0 fully saturated rings. The van der Waals surface area contributed by atoms with Gasteiger partial charge in [0.2, 0.25) is 0 Å². The molecule has 0 spiro atoms. The number of carbonyl (C=O) groups is 1. The highest BCUT2D eigenvalue weighted by Crippen LogP contribution is 2.37. The fraction of sp³-hybridized carbons (Fsp3) is 0.188. The molecule has 1 atom stereocenters. The molecular formula is C16H12F2O. The molecule has 2 aromatic carbocycles. The second kappa shape index (κ2) is 4.26. The van der Waals surface area contributed by atoms with Crippen molar-refractivity contribution in [1.82, 2.24) is 0 Å². The Morgan fingerprint density at radius 2 is 1.84 bits per heavy atom. The van der Waals surface area contributed by atoms with E-state index < -0.39 is 11.6 Å². The minimum Gasteiger partial charge on any atom is -0.293 e. The second-order valence-corrected chi connectivity index (χ2v) is 4.88. The Labute approximate surface area is 109 Å². The minimum absolute atomic E-state index is 0.150. The third kappa shape index (κ3) is 1.77. The van der Waals surface area contributed by atoms with E-state index in [1.807, 2.05) is 24.3 Å². The van der Waals surface area contributed by atoms with Crippen LogP contribution in [-0.4, -0.2) is 5.78 Å². The first-order valence-corrected chi connectivity index (χ1v) is 6.16. The molecule has 0 heterocycles. The van der Waals surface area contributed by atoms with E-state index in [9.17, 15) is 13.6 Å². The van der Waals surface area contributed by atoms with Gasteiger partial charge in [-0.3, -0.25) is 4.79 Å². The Morgan fingerprint density at radius 3 is 2.58 bits per heavy atom. The van der Waals surface area contributed by atoms with Crippen molar-refractivity contribution >= 4 is 5.78 Å². The van der Waals surface area contributed by atoms with Crippen molar-refractivity contribution in [3.63, 3.8) is 0 Å². The first-order valence-electron chi connectivity index (χ1n) is 6.16. The van der Waals surface area contributed by atoms with Crippen LogP contribution in [0.1, 0.15) is 33.0 Å². The summed E-state index contributed by atoms with van der Waals surface area (Å²) in [6, 6.07) is 10.4. The molecular weight excluding hydrogens is 246 g/mol. The molecule has 3 heteroatoms. The molecule has 0 aromatic heterocycles. The van der Waals surface area contributed by atoms with Gasteiger partial charge in [-0.05, 0) is 36.1 Å². The topological polar surface area (TPSA) is 17.1 Å². The van der Waals surface area contributed by atoms with Gasteiger partial charge in [0.1, 0.15) is 0 Å². The van der Waals surface area contributed by atoms with Crippen LogP contribution in [0.4, 0.5) is 8.78 Å². The molecule has 0 aliphatic heterocycles. The monoisotopic (exact) mass is 258 g/mol. The van der Waals surface area contributed by atoms with Crippen molar-refractivity contribution in [1.29, 1.82) is 0 Å². The summed E-state index contributed by atoms with van der Waals surface area (Å²) < 4.78 is 27.3. The van der Waals surface area contributed by atoms with E-state index >= 15 is 0 Å². The zero-order valence-corrected chi connectivity index (χ0v) is 10.4. The largest absolute Gasteiger partial charge is 0.293 e. The van der Waals surface area contributed by atoms with Crippen LogP contribution >= 0.6 is 0 Å². The lowest BCUT2D eigenvalue weighted by atomic mass is 9.73. The van der Waals surface area contributed by atoms with Crippen LogP contribution in [0.5, 0.6) is 0 Å². The molecule has 0 saturated heterocycles. The highest BCUT2D eigenvalue weighted by Gasteiger charge is 2.34. The summed E-state index contributed by atoms with van der Waals surface area (Å²) in [6.07, 6.45) is 0.601. The third-order valence-corrected chi connectivity index (χ3v) is 3.71. The maximum atomic E-state index is 13.8. The fourth-order valence-electron chi connectivity index (χ4n) is 2.52. The van der Waals surface area contributed by atoms with Crippen LogP contribution < -0.4 is 0 Å². The summed E-state index contributed by atoms with van der Waals surface area (Å²) in [6.45, 7) is 1.48. The number of aryl methyl sites for hydroxylation is 1. The standard InChI is InChI=1S/C16H12F2O/c1-9-6-7-12(15(18)14(9)17)16(19)13-8-10-4-2-3-5-11(10)13/h2-7,13H,8H2,1H3. The Kier molecular flexibility index (Phi) is 2.70. The summed E-state index contributed by atoms with van der Waals surface area (Å²) in [5.41, 5.74) is 2.09. The third-order valence-electron chi connectivity index (χ3n) is 3.71. The SMILES string of the molecule is Cc1ccc(C(=O)C2Cc3ccccc32)c(F)c1F. The second-order valence-electron chi connectivity index (χ2n) is 4.88. The van der Waals surface area contributed by atoms with Crippen molar-refractivity contribution in [2.45, 2.75) is 19.3 Å². The smallest absolute Gasteiger partial charge is 0.173 e. The molecule has 0 bridgehead atoms. The van der Waals surface area contributed by atoms with Gasteiger partial charge in [-0.2, -0.15) is 0 Å². The molecule has 0 N–H and O–H groups in total. The van der Waals surface area contributed by atoms with Crippen LogP contribution in [0.25, 0.3) is 0 Å². The van der Waals surface area contributed by atoms with E-state index in [0.717, 1.165) is 11.1 Å². The van der Waals surface area contributed by atoms with Crippen LogP contribution in [0.15, 0.2) is 36.4 Å². The number of benzene rings is 2. The number of carbonyl (C=O) groups excluding carboxylic acids is 1. The lowest BCUT2D eigenvalue weighted by molar-refractivity contribution is 0.0944. The number of halogens is 2. The lowest BCUT2D eigenvalue weighted by Gasteiger charge is -2.29. The summed E-state index contributed by atoms with van der Waals surface area (Å²) in [5, 5.41) is 0. The molecule has 0 saturated carbocycles. The average molecular weight is 258 g/mol. The molecule has 96 valence electrons. The first-order chi connectivity index (χ1) is 9.09. The van der Waals surface area contributed by atoms with Gasteiger partial charge >= 0.3 is 0 Å². The molecule has 0 radical (unpaired) electrons. The van der Waals surface area contributed by atoms with Crippen LogP contribution in [0, 0.1) is 18.6 Å². The summed E-state index contributed by atoms with van der Waals surface area (Å²) in [7, 11) is 0. The number of fused-ring (bicyclic) bond motifs is 1. The van der Waals surface area contributed by atoms with Crippen LogP contribution in [0.3, 0.4) is 0 Å². The van der Waals surface area contributed by atoms with E-state index in [-0.39, 0.29) is 22.8 Å². The maximum absolute atomic E-state index is 13.8. The number of ketones is 1. The predicted octanol–water partition coefficient (Wildman–Crippen LogP) is 3.80. The molecule has 1 aliphatic rings. The molecule has 1 nitrogen and oxygen atoms in total. The van der Waals surface area contributed by atoms with Gasteiger partial charge in [-0.1, -0.05) is 30.3 Å². The minimum atomic E-state index is -1.03. The zero-order valence-electron chi connectivity index (χ0n) is 10.4. The van der Waals surface area contributed by atoms with Gasteiger partial charge in [0.25, 0.3) is 0 Å². The Balaban J connectivity index is 1.97. The highest BCUT2D eigenvalue weighted by molar-refractivity contribution is 6.02. The summed E-state index contributed by atoms with van der Waals surface area (Å²) in [4.78, 5) is 12.3. The normalized spacial score (nSPS) is 16.7. The van der Waals surface area contributed by atoms with Gasteiger partial charge in [-0.15, -0.1) is 0 Å². The number of Topliss-reactive ketones (excluding diaryl/α,β-unsaturated/α-hetero) is 1. The van der Waals surface area contributed by atoms with Crippen LogP contribution in [0.2, 0.25) is 0 Å². The lowest BCUT2D eigenvalue weighted by Crippen LogP contribution is -2.26. The van der Waals surface area contributed by atoms with Gasteiger partial charge in [0, 0.05) is 0 Å². The first kappa shape index (κ1) is 12.0. The Morgan fingerprint density at radius 1 is 1.11 bits per heavy atom. The summed E-state index contributed by atoms with van der Waals surface area (Å²) >= 11 is 0. The van der Waals surface area contributed by atoms with Crippen molar-refractivity contribution in [2.75, 3.05) is 0 Å². The predicted molar refractivity (Wildman–Crippen MR) is 68.3 cm³/mol. The average Bonchev–Trinajstić information content (AvgIpc) is 2.37. The van der Waals surface area contributed by atoms with Crippen molar-refractivity contribution in [3.05, 3.63) is 70.3 Å². The van der Waals surface area contributed by atoms with E-state index in [0.29, 0.717) is 6.42 Å². The number of hydrogen-bond acceptors (Lipinski definition) is 1. The maximum Gasteiger partial charge on any atom is 0.173 e. The van der Waals surface area contributed by atoms with Crippen molar-refractivity contribution in [3.8, 4) is 0 Å².